The molecule has 2 N–H and O–H groups in total. The van der Waals surface area contributed by atoms with E-state index in [1.807, 2.05) is 18.2 Å². The van der Waals surface area contributed by atoms with Crippen molar-refractivity contribution in [1.82, 2.24) is 0 Å². The lowest BCUT2D eigenvalue weighted by molar-refractivity contribution is 0.318. The fourth-order valence-electron chi connectivity index (χ4n) is 1.35. The molecule has 2 aromatic rings. The Labute approximate surface area is 110 Å². The Morgan fingerprint density at radius 2 is 2.24 bits per heavy atom. The van der Waals surface area contributed by atoms with Crippen molar-refractivity contribution in [3.8, 4) is 5.75 Å². The lowest BCUT2D eigenvalue weighted by Crippen LogP contribution is -1.98. The van der Waals surface area contributed by atoms with Gasteiger partial charge in [0.2, 0.25) is 0 Å². The van der Waals surface area contributed by atoms with Gasteiger partial charge in [-0.25, -0.2) is 0 Å². The third-order valence-corrected chi connectivity index (χ3v) is 4.19. The Kier molecular flexibility index (Phi) is 4.34. The SMILES string of the molecule is CCCOc1cc(Sc2cccs2)ccc1N. The van der Waals surface area contributed by atoms with E-state index < -0.39 is 0 Å². The molecule has 0 saturated heterocycles. The van der Waals surface area contributed by atoms with Crippen LogP contribution in [0, 0.1) is 0 Å². The van der Waals surface area contributed by atoms with Gasteiger partial charge in [0.25, 0.3) is 0 Å². The van der Waals surface area contributed by atoms with Crippen molar-refractivity contribution >= 4 is 28.8 Å². The monoisotopic (exact) mass is 265 g/mol. The first kappa shape index (κ1) is 12.3. The zero-order valence-corrected chi connectivity index (χ0v) is 11.3. The second-order valence-electron chi connectivity index (χ2n) is 3.58. The fraction of sp³-hybridized carbons (Fsp3) is 0.231. The fourth-order valence-corrected chi connectivity index (χ4v) is 3.13. The Morgan fingerprint density at radius 1 is 1.35 bits per heavy atom. The molecule has 0 unspecified atom stereocenters. The number of nitrogen functional groups attached to an aromatic ring is 1. The number of benzene rings is 1. The van der Waals surface area contributed by atoms with Gasteiger partial charge in [0.1, 0.15) is 5.75 Å². The first-order chi connectivity index (χ1) is 8.29. The minimum absolute atomic E-state index is 0.703. The molecule has 0 fully saturated rings. The van der Waals surface area contributed by atoms with E-state index in [1.165, 1.54) is 4.21 Å². The molecular formula is C13H15NOS2. The Morgan fingerprint density at radius 3 is 2.94 bits per heavy atom. The van der Waals surface area contributed by atoms with Crippen LogP contribution in [-0.2, 0) is 0 Å². The van der Waals surface area contributed by atoms with Crippen molar-refractivity contribution in [2.45, 2.75) is 22.4 Å². The van der Waals surface area contributed by atoms with E-state index in [0.29, 0.717) is 12.3 Å². The van der Waals surface area contributed by atoms with Crippen LogP contribution in [0.2, 0.25) is 0 Å². The number of rotatable bonds is 5. The van der Waals surface area contributed by atoms with E-state index in [2.05, 4.69) is 24.4 Å². The van der Waals surface area contributed by atoms with E-state index in [0.717, 1.165) is 17.1 Å². The van der Waals surface area contributed by atoms with Crippen LogP contribution in [-0.4, -0.2) is 6.61 Å². The predicted molar refractivity (Wildman–Crippen MR) is 75.1 cm³/mol. The van der Waals surface area contributed by atoms with Gasteiger partial charge in [-0.2, -0.15) is 0 Å². The van der Waals surface area contributed by atoms with Crippen LogP contribution in [0.15, 0.2) is 44.8 Å². The average molecular weight is 265 g/mol. The van der Waals surface area contributed by atoms with Gasteiger partial charge >= 0.3 is 0 Å². The standard InChI is InChI=1S/C13H15NOS2/c1-2-7-15-12-9-10(5-6-11(12)14)17-13-4-3-8-16-13/h3-6,8-9H,2,7,14H2,1H3. The molecule has 2 rings (SSSR count). The molecular weight excluding hydrogens is 250 g/mol. The summed E-state index contributed by atoms with van der Waals surface area (Å²) in [7, 11) is 0. The third-order valence-electron chi connectivity index (χ3n) is 2.16. The number of thiophene rings is 1. The molecule has 0 aliphatic rings. The van der Waals surface area contributed by atoms with Gasteiger partial charge in [0.15, 0.2) is 0 Å². The van der Waals surface area contributed by atoms with Crippen LogP contribution in [0.3, 0.4) is 0 Å². The van der Waals surface area contributed by atoms with Crippen LogP contribution in [0.25, 0.3) is 0 Å². The summed E-state index contributed by atoms with van der Waals surface area (Å²) in [5.74, 6) is 0.786. The predicted octanol–water partition coefficient (Wildman–Crippen LogP) is 4.27. The van der Waals surface area contributed by atoms with E-state index >= 15 is 0 Å². The molecule has 17 heavy (non-hydrogen) atoms. The Bertz CT molecular complexity index is 468. The maximum Gasteiger partial charge on any atom is 0.143 e. The first-order valence-corrected chi connectivity index (χ1v) is 7.23. The molecule has 0 atom stereocenters. The van der Waals surface area contributed by atoms with Gasteiger partial charge < -0.3 is 10.5 Å². The molecule has 0 saturated carbocycles. The second-order valence-corrected chi connectivity index (χ2v) is 5.90. The molecule has 2 nitrogen and oxygen atoms in total. The summed E-state index contributed by atoms with van der Waals surface area (Å²) in [6.45, 7) is 2.79. The van der Waals surface area contributed by atoms with Gasteiger partial charge in [-0.15, -0.1) is 11.3 Å². The molecule has 4 heteroatoms. The van der Waals surface area contributed by atoms with Crippen LogP contribution in [0.4, 0.5) is 5.69 Å². The maximum absolute atomic E-state index is 5.87. The minimum Gasteiger partial charge on any atom is -0.491 e. The lowest BCUT2D eigenvalue weighted by atomic mass is 10.3. The Balaban J connectivity index is 2.13. The largest absolute Gasteiger partial charge is 0.491 e. The second kappa shape index (κ2) is 5.98. The number of hydrogen-bond donors (Lipinski definition) is 1. The minimum atomic E-state index is 0.703. The highest BCUT2D eigenvalue weighted by molar-refractivity contribution is 8.01. The number of anilines is 1. The molecule has 0 aliphatic heterocycles. The topological polar surface area (TPSA) is 35.2 Å². The molecule has 0 amide bonds. The number of nitrogens with two attached hydrogens (primary N) is 1. The summed E-state index contributed by atoms with van der Waals surface area (Å²) in [5, 5.41) is 2.08. The summed E-state index contributed by atoms with van der Waals surface area (Å²) in [6.07, 6.45) is 0.988. The van der Waals surface area contributed by atoms with Gasteiger partial charge in [-0.1, -0.05) is 24.8 Å². The summed E-state index contributed by atoms with van der Waals surface area (Å²) >= 11 is 3.47. The van der Waals surface area contributed by atoms with Crippen molar-refractivity contribution in [1.29, 1.82) is 0 Å². The normalized spacial score (nSPS) is 10.4. The lowest BCUT2D eigenvalue weighted by Gasteiger charge is -2.09. The summed E-state index contributed by atoms with van der Waals surface area (Å²) in [5.41, 5.74) is 6.57. The van der Waals surface area contributed by atoms with Gasteiger partial charge in [0.05, 0.1) is 16.5 Å². The van der Waals surface area contributed by atoms with Gasteiger partial charge in [-0.3, -0.25) is 0 Å². The highest BCUT2D eigenvalue weighted by Crippen LogP contribution is 2.35. The highest BCUT2D eigenvalue weighted by atomic mass is 32.2. The third kappa shape index (κ3) is 3.41. The highest BCUT2D eigenvalue weighted by Gasteiger charge is 2.04. The van der Waals surface area contributed by atoms with Crippen LogP contribution in [0.1, 0.15) is 13.3 Å². The quantitative estimate of drug-likeness (QED) is 0.820. The first-order valence-electron chi connectivity index (χ1n) is 5.53. The van der Waals surface area contributed by atoms with Crippen LogP contribution >= 0.6 is 23.1 Å². The number of ether oxygens (including phenoxy) is 1. The van der Waals surface area contributed by atoms with E-state index in [1.54, 1.807) is 23.1 Å². The van der Waals surface area contributed by atoms with Crippen molar-refractivity contribution in [3.05, 3.63) is 35.7 Å². The molecule has 1 aromatic heterocycles. The molecule has 1 heterocycles. The average Bonchev–Trinajstić information content (AvgIpc) is 2.82. The zero-order valence-electron chi connectivity index (χ0n) is 9.68. The van der Waals surface area contributed by atoms with Crippen molar-refractivity contribution in [2.75, 3.05) is 12.3 Å². The van der Waals surface area contributed by atoms with E-state index in [4.69, 9.17) is 10.5 Å². The van der Waals surface area contributed by atoms with Crippen molar-refractivity contribution in [2.24, 2.45) is 0 Å². The molecule has 0 aliphatic carbocycles. The zero-order chi connectivity index (χ0) is 12.1. The van der Waals surface area contributed by atoms with Crippen LogP contribution in [0.5, 0.6) is 5.75 Å². The molecule has 0 spiro atoms. The molecule has 0 radical (unpaired) electrons. The van der Waals surface area contributed by atoms with E-state index in [9.17, 15) is 0 Å². The van der Waals surface area contributed by atoms with Gasteiger partial charge in [-0.05, 0) is 36.1 Å². The molecule has 90 valence electrons. The van der Waals surface area contributed by atoms with E-state index in [-0.39, 0.29) is 0 Å². The van der Waals surface area contributed by atoms with Crippen molar-refractivity contribution < 1.29 is 4.74 Å². The smallest absolute Gasteiger partial charge is 0.143 e. The van der Waals surface area contributed by atoms with Crippen molar-refractivity contribution in [3.63, 3.8) is 0 Å². The Hall–Kier alpha value is -1.13. The summed E-state index contributed by atoms with van der Waals surface area (Å²) in [4.78, 5) is 1.16. The summed E-state index contributed by atoms with van der Waals surface area (Å²) < 4.78 is 6.89. The molecule has 1 aromatic carbocycles. The van der Waals surface area contributed by atoms with Crippen LogP contribution < -0.4 is 10.5 Å². The molecule has 0 bridgehead atoms. The summed E-state index contributed by atoms with van der Waals surface area (Å²) in [6, 6.07) is 10.1. The van der Waals surface area contributed by atoms with Gasteiger partial charge in [0, 0.05) is 4.90 Å². The maximum atomic E-state index is 5.87. The number of hydrogen-bond acceptors (Lipinski definition) is 4.